The van der Waals surface area contributed by atoms with Crippen LogP contribution in [0.3, 0.4) is 0 Å². The van der Waals surface area contributed by atoms with Crippen molar-refractivity contribution in [2.75, 3.05) is 6.54 Å². The average molecular weight is 348 g/mol. The molecule has 2 heteroatoms. The fourth-order valence-electron chi connectivity index (χ4n) is 3.88. The van der Waals surface area contributed by atoms with Crippen molar-refractivity contribution in [1.29, 1.82) is 0 Å². The standard InChI is InChI=1S/C25H20N2/c1-4-10-19(11-5-1)22-18-23(20-12-6-2-7-13-20)27-17-16-26-24(25(22)27)21-14-8-3-9-15-21/h1-15,18H,16-17H2. The molecule has 2 heterocycles. The minimum Gasteiger partial charge on any atom is -0.337 e. The summed E-state index contributed by atoms with van der Waals surface area (Å²) in [4.78, 5) is 4.93. The summed E-state index contributed by atoms with van der Waals surface area (Å²) in [6, 6.07) is 34.1. The molecule has 0 saturated heterocycles. The van der Waals surface area contributed by atoms with Crippen LogP contribution in [0.4, 0.5) is 0 Å². The smallest absolute Gasteiger partial charge is 0.0890 e. The number of rotatable bonds is 3. The highest BCUT2D eigenvalue weighted by Gasteiger charge is 2.24. The van der Waals surface area contributed by atoms with Crippen LogP contribution in [0, 0.1) is 0 Å². The summed E-state index contributed by atoms with van der Waals surface area (Å²) in [7, 11) is 0. The van der Waals surface area contributed by atoms with Gasteiger partial charge in [-0.25, -0.2) is 0 Å². The van der Waals surface area contributed by atoms with Gasteiger partial charge in [-0.1, -0.05) is 91.0 Å². The lowest BCUT2D eigenvalue weighted by molar-refractivity contribution is 0.697. The third-order valence-electron chi connectivity index (χ3n) is 5.12. The molecule has 130 valence electrons. The molecule has 2 nitrogen and oxygen atoms in total. The van der Waals surface area contributed by atoms with E-state index in [1.54, 1.807) is 0 Å². The zero-order valence-electron chi connectivity index (χ0n) is 15.0. The molecule has 3 aromatic carbocycles. The Kier molecular flexibility index (Phi) is 3.95. The summed E-state index contributed by atoms with van der Waals surface area (Å²) in [5.74, 6) is 0. The van der Waals surface area contributed by atoms with Gasteiger partial charge in [0.25, 0.3) is 0 Å². The summed E-state index contributed by atoms with van der Waals surface area (Å²) < 4.78 is 2.44. The first-order valence-corrected chi connectivity index (χ1v) is 9.36. The first-order valence-electron chi connectivity index (χ1n) is 9.36. The number of hydrogen-bond acceptors (Lipinski definition) is 1. The number of aliphatic imine (C=N–C) groups is 1. The molecule has 1 aliphatic heterocycles. The van der Waals surface area contributed by atoms with Gasteiger partial charge in [-0.3, -0.25) is 4.99 Å². The highest BCUT2D eigenvalue weighted by Crippen LogP contribution is 2.35. The van der Waals surface area contributed by atoms with Crippen molar-refractivity contribution in [3.63, 3.8) is 0 Å². The minimum atomic E-state index is 0.806. The molecule has 1 aliphatic rings. The first-order chi connectivity index (χ1) is 13.4. The summed E-state index contributed by atoms with van der Waals surface area (Å²) in [6.07, 6.45) is 0. The Morgan fingerprint density at radius 1 is 0.630 bits per heavy atom. The molecule has 0 atom stereocenters. The highest BCUT2D eigenvalue weighted by molar-refractivity contribution is 6.16. The van der Waals surface area contributed by atoms with Crippen LogP contribution in [0.2, 0.25) is 0 Å². The van der Waals surface area contributed by atoms with Crippen molar-refractivity contribution >= 4 is 5.71 Å². The lowest BCUT2D eigenvalue weighted by atomic mass is 9.98. The van der Waals surface area contributed by atoms with E-state index in [4.69, 9.17) is 4.99 Å². The summed E-state index contributed by atoms with van der Waals surface area (Å²) in [5.41, 5.74) is 8.46. The Labute approximate surface area is 159 Å². The van der Waals surface area contributed by atoms with E-state index in [1.165, 1.54) is 33.6 Å². The molecular weight excluding hydrogens is 328 g/mol. The van der Waals surface area contributed by atoms with Crippen molar-refractivity contribution < 1.29 is 0 Å². The fraction of sp³-hybridized carbons (Fsp3) is 0.0800. The van der Waals surface area contributed by atoms with E-state index in [0.29, 0.717) is 0 Å². The summed E-state index contributed by atoms with van der Waals surface area (Å²) in [5, 5.41) is 0. The maximum absolute atomic E-state index is 4.93. The van der Waals surface area contributed by atoms with E-state index in [-0.39, 0.29) is 0 Å². The molecule has 0 bridgehead atoms. The van der Waals surface area contributed by atoms with E-state index >= 15 is 0 Å². The average Bonchev–Trinajstić information content (AvgIpc) is 3.15. The second-order valence-corrected chi connectivity index (χ2v) is 6.77. The topological polar surface area (TPSA) is 17.3 Å². The van der Waals surface area contributed by atoms with Gasteiger partial charge < -0.3 is 4.57 Å². The van der Waals surface area contributed by atoms with Gasteiger partial charge in [0.05, 0.1) is 18.0 Å². The van der Waals surface area contributed by atoms with Gasteiger partial charge in [-0.15, -0.1) is 0 Å². The molecule has 4 aromatic rings. The molecule has 0 saturated carbocycles. The van der Waals surface area contributed by atoms with Crippen molar-refractivity contribution in [3.05, 3.63) is 108 Å². The van der Waals surface area contributed by atoms with Gasteiger partial charge >= 0.3 is 0 Å². The number of nitrogens with zero attached hydrogens (tertiary/aromatic N) is 2. The molecule has 0 fully saturated rings. The van der Waals surface area contributed by atoms with E-state index in [0.717, 1.165) is 18.8 Å². The Morgan fingerprint density at radius 3 is 1.81 bits per heavy atom. The van der Waals surface area contributed by atoms with Gasteiger partial charge in [-0.05, 0) is 17.2 Å². The van der Waals surface area contributed by atoms with Gasteiger partial charge in [0, 0.05) is 23.4 Å². The third-order valence-corrected chi connectivity index (χ3v) is 5.12. The van der Waals surface area contributed by atoms with Crippen molar-refractivity contribution in [1.82, 2.24) is 4.57 Å². The molecule has 1 aromatic heterocycles. The second-order valence-electron chi connectivity index (χ2n) is 6.77. The second kappa shape index (κ2) is 6.73. The normalized spacial score (nSPS) is 13.1. The zero-order valence-corrected chi connectivity index (χ0v) is 15.0. The molecule has 0 aliphatic carbocycles. The van der Waals surface area contributed by atoms with Crippen LogP contribution in [-0.4, -0.2) is 16.8 Å². The zero-order chi connectivity index (χ0) is 18.1. The number of aromatic nitrogens is 1. The van der Waals surface area contributed by atoms with Crippen LogP contribution in [0.25, 0.3) is 22.4 Å². The van der Waals surface area contributed by atoms with E-state index < -0.39 is 0 Å². The summed E-state index contributed by atoms with van der Waals surface area (Å²) >= 11 is 0. The number of benzene rings is 3. The monoisotopic (exact) mass is 348 g/mol. The third kappa shape index (κ3) is 2.80. The predicted molar refractivity (Wildman–Crippen MR) is 112 cm³/mol. The van der Waals surface area contributed by atoms with Crippen molar-refractivity contribution in [2.24, 2.45) is 4.99 Å². The van der Waals surface area contributed by atoms with Crippen LogP contribution in [0.1, 0.15) is 11.3 Å². The van der Waals surface area contributed by atoms with Gasteiger partial charge in [0.15, 0.2) is 0 Å². The quantitative estimate of drug-likeness (QED) is 0.454. The lowest BCUT2D eigenvalue weighted by Crippen LogP contribution is -2.20. The van der Waals surface area contributed by atoms with Crippen LogP contribution in [-0.2, 0) is 6.54 Å². The van der Waals surface area contributed by atoms with Crippen LogP contribution >= 0.6 is 0 Å². The molecule has 0 amide bonds. The van der Waals surface area contributed by atoms with Gasteiger partial charge in [-0.2, -0.15) is 0 Å². The number of fused-ring (bicyclic) bond motifs is 1. The molecule has 5 rings (SSSR count). The van der Waals surface area contributed by atoms with Crippen molar-refractivity contribution in [3.8, 4) is 22.4 Å². The highest BCUT2D eigenvalue weighted by atomic mass is 15.1. The first kappa shape index (κ1) is 15.8. The maximum Gasteiger partial charge on any atom is 0.0890 e. The fourth-order valence-corrected chi connectivity index (χ4v) is 3.88. The van der Waals surface area contributed by atoms with E-state index in [2.05, 4.69) is 102 Å². The summed E-state index contributed by atoms with van der Waals surface area (Å²) in [6.45, 7) is 1.71. The Bertz CT molecular complexity index is 1090. The molecule has 0 N–H and O–H groups in total. The van der Waals surface area contributed by atoms with Crippen LogP contribution in [0.15, 0.2) is 102 Å². The Morgan fingerprint density at radius 2 is 1.19 bits per heavy atom. The molecule has 27 heavy (non-hydrogen) atoms. The molecular formula is C25H20N2. The van der Waals surface area contributed by atoms with E-state index in [9.17, 15) is 0 Å². The molecule has 0 spiro atoms. The van der Waals surface area contributed by atoms with Crippen LogP contribution in [0.5, 0.6) is 0 Å². The maximum atomic E-state index is 4.93. The van der Waals surface area contributed by atoms with Crippen molar-refractivity contribution in [2.45, 2.75) is 6.54 Å². The van der Waals surface area contributed by atoms with E-state index in [1.807, 2.05) is 0 Å². The predicted octanol–water partition coefficient (Wildman–Crippen LogP) is 5.67. The largest absolute Gasteiger partial charge is 0.337 e. The molecule has 0 radical (unpaired) electrons. The van der Waals surface area contributed by atoms with Crippen LogP contribution < -0.4 is 0 Å². The Hall–Kier alpha value is -3.39. The number of hydrogen-bond donors (Lipinski definition) is 0. The van der Waals surface area contributed by atoms with Gasteiger partial charge in [0.2, 0.25) is 0 Å². The minimum absolute atomic E-state index is 0.806. The SMILES string of the molecule is c1ccc(C2=NCCn3c(-c4ccccc4)cc(-c4ccccc4)c32)cc1. The Balaban J connectivity index is 1.78. The van der Waals surface area contributed by atoms with Gasteiger partial charge in [0.1, 0.15) is 0 Å². The molecule has 0 unspecified atom stereocenters. The lowest BCUT2D eigenvalue weighted by Gasteiger charge is -2.20.